The summed E-state index contributed by atoms with van der Waals surface area (Å²) in [6, 6.07) is 1.92. The first-order valence-electron chi connectivity index (χ1n) is 10.1. The van der Waals surface area contributed by atoms with Crippen molar-refractivity contribution in [2.75, 3.05) is 17.2 Å². The van der Waals surface area contributed by atoms with Crippen molar-refractivity contribution in [2.24, 2.45) is 5.18 Å². The number of amides is 2. The normalized spacial score (nSPS) is 20.0. The second kappa shape index (κ2) is 10.2. The molecule has 0 radical (unpaired) electrons. The topological polar surface area (TPSA) is 199 Å². The van der Waals surface area contributed by atoms with Crippen molar-refractivity contribution in [3.63, 3.8) is 0 Å². The van der Waals surface area contributed by atoms with Crippen molar-refractivity contribution in [1.82, 2.24) is 35.4 Å². The highest BCUT2D eigenvalue weighted by molar-refractivity contribution is 8.01. The van der Waals surface area contributed by atoms with Gasteiger partial charge in [0.15, 0.2) is 0 Å². The lowest BCUT2D eigenvalue weighted by atomic mass is 10.0. The number of aromatic nitrogens is 5. The van der Waals surface area contributed by atoms with Gasteiger partial charge in [-0.1, -0.05) is 23.9 Å². The second-order valence-corrected chi connectivity index (χ2v) is 9.42. The Morgan fingerprint density at radius 1 is 1.46 bits per heavy atom. The largest absolute Gasteiger partial charge is 0.477 e. The van der Waals surface area contributed by atoms with Crippen LogP contribution in [0.3, 0.4) is 0 Å². The standard InChI is InChI=1S/C19H19N9O5S2/c1-2-6-27-19(23-25-26-27)35-8-9-7-34-17-13(16(30)28(17)14(9)18(31)32)22-15(29)12(24-33)10-4-3-5-11(20)21-10/h2-5,12-13,17H,1,6-8H2,(H2,20,21)(H,22,29)(H,31,32)/t12?,13?,17-/m0/s1. The van der Waals surface area contributed by atoms with Crippen LogP contribution < -0.4 is 11.1 Å². The number of nitrogens with zero attached hydrogens (tertiary/aromatic N) is 7. The highest BCUT2D eigenvalue weighted by Crippen LogP contribution is 2.41. The number of thioether (sulfide) groups is 2. The van der Waals surface area contributed by atoms with E-state index in [1.807, 2.05) is 0 Å². The highest BCUT2D eigenvalue weighted by atomic mass is 32.2. The van der Waals surface area contributed by atoms with Gasteiger partial charge >= 0.3 is 5.97 Å². The number of hydrogen-bond donors (Lipinski definition) is 3. The molecule has 3 atom stereocenters. The number of allylic oxidation sites excluding steroid dienone is 1. The SMILES string of the molecule is C=CCn1nnnc1SCC1=C(C(=O)O)N2C(=O)C(NC(=O)C(N=O)c3cccc(N)n3)[C@@H]2SC1. The molecule has 2 aliphatic heterocycles. The molecule has 4 N–H and O–H groups in total. The fraction of sp³-hybridized carbons (Fsp3) is 0.316. The minimum absolute atomic E-state index is 0.0432. The average molecular weight is 518 g/mol. The van der Waals surface area contributed by atoms with E-state index in [0.29, 0.717) is 23.0 Å². The molecule has 2 aromatic rings. The molecule has 16 heteroatoms. The molecule has 35 heavy (non-hydrogen) atoms. The number of nitrogens with one attached hydrogen (secondary N) is 1. The quantitative estimate of drug-likeness (QED) is 0.167. The first-order valence-corrected chi connectivity index (χ1v) is 12.1. The molecule has 4 rings (SSSR count). The zero-order valence-electron chi connectivity index (χ0n) is 18.0. The molecule has 2 aromatic heterocycles. The third-order valence-electron chi connectivity index (χ3n) is 5.15. The summed E-state index contributed by atoms with van der Waals surface area (Å²) in [4.78, 5) is 54.0. The van der Waals surface area contributed by atoms with Crippen molar-refractivity contribution in [2.45, 2.75) is 29.2 Å². The van der Waals surface area contributed by atoms with E-state index < -0.39 is 35.2 Å². The fourth-order valence-electron chi connectivity index (χ4n) is 3.57. The second-order valence-electron chi connectivity index (χ2n) is 7.37. The van der Waals surface area contributed by atoms with Crippen molar-refractivity contribution in [3.05, 3.63) is 52.7 Å². The summed E-state index contributed by atoms with van der Waals surface area (Å²) in [5.41, 5.74) is 6.03. The van der Waals surface area contributed by atoms with Gasteiger partial charge in [-0.15, -0.1) is 28.3 Å². The number of nitrogen functional groups attached to an aromatic ring is 1. The lowest BCUT2D eigenvalue weighted by Gasteiger charge is -2.49. The predicted molar refractivity (Wildman–Crippen MR) is 126 cm³/mol. The van der Waals surface area contributed by atoms with E-state index in [1.165, 1.54) is 46.4 Å². The van der Waals surface area contributed by atoms with Gasteiger partial charge < -0.3 is 16.2 Å². The number of carboxylic acids is 1. The predicted octanol–water partition coefficient (Wildman–Crippen LogP) is 0.175. The van der Waals surface area contributed by atoms with E-state index in [0.717, 1.165) is 4.90 Å². The Balaban J connectivity index is 1.47. The number of β-lactam (4-membered cyclic amide) rings is 1. The van der Waals surface area contributed by atoms with Gasteiger partial charge in [0.05, 0.1) is 12.2 Å². The maximum absolute atomic E-state index is 12.9. The lowest BCUT2D eigenvalue weighted by molar-refractivity contribution is -0.150. The monoisotopic (exact) mass is 517 g/mol. The summed E-state index contributed by atoms with van der Waals surface area (Å²) in [6.45, 7) is 4.03. The Labute approximate surface area is 206 Å². The van der Waals surface area contributed by atoms with E-state index in [4.69, 9.17) is 5.73 Å². The van der Waals surface area contributed by atoms with Crippen molar-refractivity contribution in [3.8, 4) is 0 Å². The van der Waals surface area contributed by atoms with Crippen LogP contribution in [0.2, 0.25) is 0 Å². The van der Waals surface area contributed by atoms with Gasteiger partial charge in [0.1, 0.15) is 22.9 Å². The summed E-state index contributed by atoms with van der Waals surface area (Å²) in [5, 5.41) is 26.3. The van der Waals surface area contributed by atoms with Gasteiger partial charge in [-0.3, -0.25) is 14.5 Å². The Morgan fingerprint density at radius 3 is 2.94 bits per heavy atom. The van der Waals surface area contributed by atoms with Crippen LogP contribution in [-0.4, -0.2) is 75.9 Å². The molecular weight excluding hydrogens is 498 g/mol. The summed E-state index contributed by atoms with van der Waals surface area (Å²) in [6.07, 6.45) is 1.63. The van der Waals surface area contributed by atoms with Gasteiger partial charge in [0.2, 0.25) is 11.2 Å². The molecule has 182 valence electrons. The molecule has 0 spiro atoms. The molecule has 1 saturated heterocycles. The minimum atomic E-state index is -1.50. The summed E-state index contributed by atoms with van der Waals surface area (Å²) in [5.74, 6) is -2.02. The summed E-state index contributed by atoms with van der Waals surface area (Å²) in [7, 11) is 0. The van der Waals surface area contributed by atoms with Crippen LogP contribution in [0.15, 0.2) is 52.5 Å². The Kier molecular flexibility index (Phi) is 7.11. The van der Waals surface area contributed by atoms with Crippen LogP contribution in [-0.2, 0) is 20.9 Å². The van der Waals surface area contributed by atoms with E-state index in [-0.39, 0.29) is 23.0 Å². The average Bonchev–Trinajstić information content (AvgIpc) is 3.28. The third kappa shape index (κ3) is 4.74. The molecule has 14 nitrogen and oxygen atoms in total. The lowest BCUT2D eigenvalue weighted by Crippen LogP contribution is -2.70. The summed E-state index contributed by atoms with van der Waals surface area (Å²) >= 11 is 2.54. The number of carbonyl (C=O) groups is 3. The number of rotatable bonds is 10. The van der Waals surface area contributed by atoms with E-state index in [1.54, 1.807) is 6.08 Å². The van der Waals surface area contributed by atoms with E-state index in [2.05, 4.69) is 37.6 Å². The highest BCUT2D eigenvalue weighted by Gasteiger charge is 2.54. The Hall–Kier alpha value is -3.79. The first-order chi connectivity index (χ1) is 16.8. The van der Waals surface area contributed by atoms with Crippen LogP contribution in [0.25, 0.3) is 0 Å². The fourth-order valence-corrected chi connectivity index (χ4v) is 5.94. The van der Waals surface area contributed by atoms with Crippen LogP contribution in [0, 0.1) is 4.91 Å². The van der Waals surface area contributed by atoms with Crippen LogP contribution in [0.4, 0.5) is 5.82 Å². The van der Waals surface area contributed by atoms with Crippen LogP contribution in [0.1, 0.15) is 11.7 Å². The number of anilines is 1. The maximum Gasteiger partial charge on any atom is 0.352 e. The molecule has 2 unspecified atom stereocenters. The number of hydrogen-bond acceptors (Lipinski definition) is 12. The van der Waals surface area contributed by atoms with Gasteiger partial charge in [-0.2, -0.15) is 0 Å². The minimum Gasteiger partial charge on any atom is -0.477 e. The number of fused-ring (bicyclic) bond motifs is 1. The molecule has 0 aliphatic carbocycles. The zero-order valence-corrected chi connectivity index (χ0v) is 19.6. The van der Waals surface area contributed by atoms with E-state index in [9.17, 15) is 24.4 Å². The molecule has 4 heterocycles. The maximum atomic E-state index is 12.9. The molecule has 2 amide bonds. The number of nitrogens with two attached hydrogens (primary N) is 1. The van der Waals surface area contributed by atoms with Gasteiger partial charge in [-0.05, 0) is 33.3 Å². The van der Waals surface area contributed by atoms with E-state index >= 15 is 0 Å². The number of aliphatic carboxylic acids is 1. The molecule has 0 saturated carbocycles. The van der Waals surface area contributed by atoms with Gasteiger partial charge in [-0.25, -0.2) is 14.5 Å². The van der Waals surface area contributed by atoms with Gasteiger partial charge in [0.25, 0.3) is 11.8 Å². The van der Waals surface area contributed by atoms with Crippen molar-refractivity contribution >= 4 is 47.1 Å². The Bertz CT molecular complexity index is 1230. The Morgan fingerprint density at radius 2 is 2.26 bits per heavy atom. The van der Waals surface area contributed by atoms with Gasteiger partial charge in [0, 0.05) is 11.5 Å². The van der Waals surface area contributed by atoms with Crippen molar-refractivity contribution < 1.29 is 19.5 Å². The molecule has 2 aliphatic rings. The molecular formula is C19H19N9O5S2. The van der Waals surface area contributed by atoms with Crippen LogP contribution >= 0.6 is 23.5 Å². The third-order valence-corrected chi connectivity index (χ3v) is 7.53. The smallest absolute Gasteiger partial charge is 0.352 e. The number of carboxylic acid groups (broad SMARTS) is 1. The number of carbonyl (C=O) groups excluding carboxylic acids is 2. The molecule has 1 fully saturated rings. The number of nitroso groups, excluding NO2 is 1. The zero-order chi connectivity index (χ0) is 25.1. The first kappa shape index (κ1) is 24.3. The number of tetrazole rings is 1. The summed E-state index contributed by atoms with van der Waals surface area (Å²) < 4.78 is 1.52. The number of pyridine rings is 1. The van der Waals surface area contributed by atoms with Crippen LogP contribution in [0.5, 0.6) is 0 Å². The van der Waals surface area contributed by atoms with Crippen molar-refractivity contribution in [1.29, 1.82) is 0 Å². The molecule has 0 bridgehead atoms. The molecule has 0 aromatic carbocycles.